The Bertz CT molecular complexity index is 1110. The molecular weight excluding hydrogens is 502 g/mol. The Morgan fingerprint density at radius 1 is 1.05 bits per heavy atom. The lowest BCUT2D eigenvalue weighted by Gasteiger charge is -2.36. The van der Waals surface area contributed by atoms with Gasteiger partial charge in [0.2, 0.25) is 5.91 Å². The first kappa shape index (κ1) is 31.2. The molecule has 2 aromatic rings. The van der Waals surface area contributed by atoms with Crippen molar-refractivity contribution in [1.29, 1.82) is 0 Å². The molecule has 7 nitrogen and oxygen atoms in total. The average Bonchev–Trinajstić information content (AvgIpc) is 2.80. The van der Waals surface area contributed by atoms with E-state index < -0.39 is 23.8 Å². The molecule has 0 heterocycles. The number of hydrogen-bond acceptors (Lipinski definition) is 4. The van der Waals surface area contributed by atoms with E-state index >= 15 is 0 Å². The minimum absolute atomic E-state index is 0.244. The molecule has 2 atom stereocenters. The first-order chi connectivity index (χ1) is 17.7. The summed E-state index contributed by atoms with van der Waals surface area (Å²) >= 11 is 6.42. The van der Waals surface area contributed by atoms with Crippen molar-refractivity contribution >= 4 is 35.2 Å². The zero-order valence-electron chi connectivity index (χ0n) is 23.9. The predicted octanol–water partition coefficient (Wildman–Crippen LogP) is 6.81. The molecule has 0 radical (unpaired) electrons. The fourth-order valence-corrected chi connectivity index (χ4v) is 4.39. The topological polar surface area (TPSA) is 87.7 Å². The van der Waals surface area contributed by atoms with Crippen molar-refractivity contribution in [3.63, 3.8) is 0 Å². The quantitative estimate of drug-likeness (QED) is 0.344. The number of anilines is 1. The van der Waals surface area contributed by atoms with E-state index in [1.807, 2.05) is 71.0 Å². The predicted molar refractivity (Wildman–Crippen MR) is 153 cm³/mol. The zero-order chi connectivity index (χ0) is 28.6. The van der Waals surface area contributed by atoms with Gasteiger partial charge < -0.3 is 20.3 Å². The fraction of sp³-hybridized carbons (Fsp3) is 0.500. The van der Waals surface area contributed by atoms with Gasteiger partial charge in [0.15, 0.2) is 0 Å². The van der Waals surface area contributed by atoms with E-state index in [1.54, 1.807) is 31.7 Å². The van der Waals surface area contributed by atoms with Crippen LogP contribution in [0, 0.1) is 19.8 Å². The number of benzene rings is 2. The van der Waals surface area contributed by atoms with Crippen molar-refractivity contribution in [3.05, 3.63) is 64.2 Å². The number of carbonyl (C=O) groups excluding carboxylic acids is 3. The van der Waals surface area contributed by atoms with Crippen LogP contribution in [-0.4, -0.2) is 41.0 Å². The first-order valence-electron chi connectivity index (χ1n) is 13.2. The number of nitrogens with one attached hydrogen (secondary N) is 2. The zero-order valence-corrected chi connectivity index (χ0v) is 24.6. The number of rotatable bonds is 10. The van der Waals surface area contributed by atoms with Gasteiger partial charge >= 0.3 is 6.09 Å². The molecule has 0 saturated heterocycles. The Kier molecular flexibility index (Phi) is 11.2. The number of halogens is 1. The van der Waals surface area contributed by atoms with Crippen molar-refractivity contribution < 1.29 is 19.1 Å². The van der Waals surface area contributed by atoms with Crippen LogP contribution in [0.1, 0.15) is 77.1 Å². The van der Waals surface area contributed by atoms with Crippen LogP contribution in [0.5, 0.6) is 0 Å². The molecule has 0 aliphatic rings. The Morgan fingerprint density at radius 2 is 1.71 bits per heavy atom. The number of hydrogen-bond donors (Lipinski definition) is 2. The fourth-order valence-electron chi connectivity index (χ4n) is 4.12. The van der Waals surface area contributed by atoms with Crippen LogP contribution in [0.25, 0.3) is 0 Å². The van der Waals surface area contributed by atoms with Crippen LogP contribution in [-0.2, 0) is 14.3 Å². The minimum Gasteiger partial charge on any atom is -0.444 e. The van der Waals surface area contributed by atoms with Crippen LogP contribution < -0.4 is 10.6 Å². The lowest BCUT2D eigenvalue weighted by atomic mass is 9.97. The van der Waals surface area contributed by atoms with Crippen LogP contribution in [0.3, 0.4) is 0 Å². The van der Waals surface area contributed by atoms with Crippen LogP contribution in [0.4, 0.5) is 10.5 Å². The van der Waals surface area contributed by atoms with Crippen molar-refractivity contribution in [3.8, 4) is 0 Å². The molecule has 2 unspecified atom stereocenters. The molecule has 2 N–H and O–H groups in total. The van der Waals surface area contributed by atoms with Gasteiger partial charge in [0.25, 0.3) is 5.91 Å². The summed E-state index contributed by atoms with van der Waals surface area (Å²) in [7, 11) is 0. The number of ether oxygens (including phenoxy) is 1. The van der Waals surface area contributed by atoms with E-state index in [0.29, 0.717) is 29.2 Å². The number of para-hydroxylation sites is 1. The molecular formula is C30H42ClN3O4. The summed E-state index contributed by atoms with van der Waals surface area (Å²) in [6.45, 7) is 15.2. The molecule has 0 spiro atoms. The lowest BCUT2D eigenvalue weighted by molar-refractivity contribution is -0.141. The molecule has 0 fully saturated rings. The molecule has 0 saturated carbocycles. The molecule has 3 amide bonds. The smallest absolute Gasteiger partial charge is 0.408 e. The van der Waals surface area contributed by atoms with Gasteiger partial charge in [-0.1, -0.05) is 80.8 Å². The van der Waals surface area contributed by atoms with E-state index in [-0.39, 0.29) is 17.7 Å². The van der Waals surface area contributed by atoms with Gasteiger partial charge in [-0.05, 0) is 64.2 Å². The summed E-state index contributed by atoms with van der Waals surface area (Å²) in [6, 6.07) is 11.1. The molecule has 2 rings (SSSR count). The third-order valence-electron chi connectivity index (χ3n) is 6.03. The van der Waals surface area contributed by atoms with Gasteiger partial charge in [-0.15, -0.1) is 0 Å². The third-order valence-corrected chi connectivity index (χ3v) is 6.34. The van der Waals surface area contributed by atoms with Crippen molar-refractivity contribution in [1.82, 2.24) is 10.2 Å². The van der Waals surface area contributed by atoms with Gasteiger partial charge in [-0.2, -0.15) is 0 Å². The second kappa shape index (κ2) is 13.7. The number of nitrogens with zero attached hydrogens (tertiary/aromatic N) is 1. The number of carbonyl (C=O) groups is 3. The van der Waals surface area contributed by atoms with Gasteiger partial charge in [-0.25, -0.2) is 4.79 Å². The highest BCUT2D eigenvalue weighted by Crippen LogP contribution is 2.30. The Labute approximate surface area is 232 Å². The maximum absolute atomic E-state index is 14.1. The maximum atomic E-state index is 14.1. The highest BCUT2D eigenvalue weighted by Gasteiger charge is 2.37. The molecule has 8 heteroatoms. The second-order valence-electron chi connectivity index (χ2n) is 11.0. The summed E-state index contributed by atoms with van der Waals surface area (Å²) < 4.78 is 5.43. The molecule has 38 heavy (non-hydrogen) atoms. The van der Waals surface area contributed by atoms with Crippen molar-refractivity contribution in [2.24, 2.45) is 5.92 Å². The highest BCUT2D eigenvalue weighted by molar-refractivity contribution is 6.34. The van der Waals surface area contributed by atoms with Crippen molar-refractivity contribution in [2.75, 3.05) is 11.9 Å². The van der Waals surface area contributed by atoms with E-state index in [4.69, 9.17) is 16.3 Å². The van der Waals surface area contributed by atoms with Gasteiger partial charge in [0.05, 0.1) is 10.7 Å². The van der Waals surface area contributed by atoms with E-state index in [0.717, 1.165) is 17.5 Å². The van der Waals surface area contributed by atoms with Crippen LogP contribution in [0.15, 0.2) is 42.5 Å². The maximum Gasteiger partial charge on any atom is 0.408 e. The standard InChI is InChI=1S/C30H42ClN3O4/c1-9-10-17-34(28(36)24(19(2)3)33-29(37)38-30(6,7)8)26(22-15-11-13-20(4)18-22)27(35)32-25-21(5)14-12-16-23(25)31/h11-16,18-19,24,26H,9-10,17H2,1-8H3,(H,32,35)(H,33,37). The van der Waals surface area contributed by atoms with E-state index in [2.05, 4.69) is 10.6 Å². The third kappa shape index (κ3) is 8.76. The summed E-state index contributed by atoms with van der Waals surface area (Å²) in [4.78, 5) is 42.3. The van der Waals surface area contributed by atoms with Gasteiger partial charge in [-0.3, -0.25) is 9.59 Å². The molecule has 0 aliphatic carbocycles. The van der Waals surface area contributed by atoms with Gasteiger partial charge in [0, 0.05) is 6.54 Å². The monoisotopic (exact) mass is 543 g/mol. The van der Waals surface area contributed by atoms with Crippen LogP contribution >= 0.6 is 11.6 Å². The first-order valence-corrected chi connectivity index (χ1v) is 13.6. The molecule has 0 aromatic heterocycles. The molecule has 2 aromatic carbocycles. The summed E-state index contributed by atoms with van der Waals surface area (Å²) in [5, 5.41) is 6.14. The lowest BCUT2D eigenvalue weighted by Crippen LogP contribution is -2.54. The number of alkyl carbamates (subject to hydrolysis) is 1. The Balaban J connectivity index is 2.55. The number of amides is 3. The molecule has 208 valence electrons. The largest absolute Gasteiger partial charge is 0.444 e. The second-order valence-corrected chi connectivity index (χ2v) is 11.4. The van der Waals surface area contributed by atoms with E-state index in [1.165, 1.54) is 0 Å². The van der Waals surface area contributed by atoms with E-state index in [9.17, 15) is 14.4 Å². The number of aryl methyl sites for hydroxylation is 2. The molecule has 0 aliphatic heterocycles. The normalized spacial score (nSPS) is 13.0. The SMILES string of the molecule is CCCCN(C(=O)C(NC(=O)OC(C)(C)C)C(C)C)C(C(=O)Nc1c(C)cccc1Cl)c1cccc(C)c1. The summed E-state index contributed by atoms with van der Waals surface area (Å²) in [5.41, 5.74) is 2.24. The molecule has 0 bridgehead atoms. The summed E-state index contributed by atoms with van der Waals surface area (Å²) in [6.07, 6.45) is 0.828. The van der Waals surface area contributed by atoms with Crippen molar-refractivity contribution in [2.45, 2.75) is 85.9 Å². The highest BCUT2D eigenvalue weighted by atomic mass is 35.5. The number of unbranched alkanes of at least 4 members (excludes halogenated alkanes) is 1. The van der Waals surface area contributed by atoms with Gasteiger partial charge in [0.1, 0.15) is 17.7 Å². The van der Waals surface area contributed by atoms with Crippen LogP contribution in [0.2, 0.25) is 5.02 Å². The average molecular weight is 544 g/mol. The Morgan fingerprint density at radius 3 is 2.26 bits per heavy atom. The Hall–Kier alpha value is -3.06. The minimum atomic E-state index is -0.939. The summed E-state index contributed by atoms with van der Waals surface area (Å²) in [5.74, 6) is -0.973.